The standard InChI is InChI=1S/2C41H26N2OS.C37H24N2O2/c1-41(2)30-19-7-5-14-26(30)34-31(41)21-22-33-35(34)28-17-10-18-29(38(28)45-33)37-36-27-15-6-8-20-32(27)44-40(36)43-39(42-37)25-16-9-12-23-11-3-4-13-24(23)25;1-41(2)30-17-16-24(20-27(30)28-21-29-25-12-6-8-14-33(25)44-34(29)22-31(28)41)40-42-32-18-19-36-37(26-13-7-9-15-35(26)45-36)38(32)39(43-40)23-10-4-3-5-11-23;1-37(2)26-18-19-30-32(24-12-6-8-14-28(24)40-30)31(26)23-17-16-22(20-27(23)37)35-38-34(21-10-4-3-5-11-21)33-25-13-7-9-15-29(25)41-36(33)39-35/h2*3-22H,1-2H3;3-20H,1-2H3. The number of rotatable bonds is 6. The van der Waals surface area contributed by atoms with Gasteiger partial charge in [0.25, 0.3) is 0 Å². The molecule has 0 aliphatic heterocycles. The maximum Gasteiger partial charge on any atom is 0.231 e. The molecule has 0 N–H and O–H groups in total. The molecule has 9 aromatic heterocycles. The molecule has 0 fully saturated rings. The number of hydrogen-bond acceptors (Lipinski definition) is 12. The van der Waals surface area contributed by atoms with Gasteiger partial charge in [0, 0.05) is 128 Å². The van der Waals surface area contributed by atoms with Gasteiger partial charge in [0.05, 0.1) is 33.4 Å². The monoisotopic (exact) mass is 1720 g/mol. The van der Waals surface area contributed by atoms with Crippen molar-refractivity contribution in [2.75, 3.05) is 0 Å². The molecule has 0 saturated heterocycles. The normalized spacial score (nSPS) is 13.8. The molecule has 0 unspecified atom stereocenters. The van der Waals surface area contributed by atoms with Crippen LogP contribution in [0.1, 0.15) is 74.9 Å². The molecule has 3 aliphatic rings. The predicted molar refractivity (Wildman–Crippen MR) is 541 cm³/mol. The predicted octanol–water partition coefficient (Wildman–Crippen LogP) is 33.0. The molecule has 9 heterocycles. The van der Waals surface area contributed by atoms with Crippen molar-refractivity contribution in [3.63, 3.8) is 0 Å². The van der Waals surface area contributed by atoms with Crippen LogP contribution >= 0.6 is 22.7 Å². The van der Waals surface area contributed by atoms with Crippen LogP contribution in [0.15, 0.2) is 370 Å². The highest BCUT2D eigenvalue weighted by Gasteiger charge is 2.41. The summed E-state index contributed by atoms with van der Waals surface area (Å²) >= 11 is 3.68. The minimum atomic E-state index is -0.195. The number of hydrogen-bond donors (Lipinski definition) is 0. The van der Waals surface area contributed by atoms with Gasteiger partial charge in [-0.2, -0.15) is 9.97 Å². The zero-order valence-electron chi connectivity index (χ0n) is 72.1. The van der Waals surface area contributed by atoms with Gasteiger partial charge < -0.3 is 17.7 Å². The minimum absolute atomic E-state index is 0.0477. The Morgan fingerprint density at radius 2 is 0.695 bits per heavy atom. The highest BCUT2D eigenvalue weighted by molar-refractivity contribution is 7.26. The molecule has 618 valence electrons. The lowest BCUT2D eigenvalue weighted by atomic mass is 9.81. The lowest BCUT2D eigenvalue weighted by Crippen LogP contribution is -2.15. The van der Waals surface area contributed by atoms with E-state index in [1.807, 2.05) is 95.5 Å². The molecule has 3 aliphatic carbocycles. The summed E-state index contributed by atoms with van der Waals surface area (Å²) in [4.78, 5) is 31.2. The van der Waals surface area contributed by atoms with E-state index in [1.165, 1.54) is 112 Å². The summed E-state index contributed by atoms with van der Waals surface area (Å²) in [6.07, 6.45) is 0. The molecule has 12 heteroatoms. The van der Waals surface area contributed by atoms with Gasteiger partial charge in [-0.3, -0.25) is 0 Å². The van der Waals surface area contributed by atoms with E-state index in [1.54, 1.807) is 0 Å². The number of aromatic nitrogens is 6. The Labute approximate surface area is 759 Å². The van der Waals surface area contributed by atoms with Gasteiger partial charge in [-0.25, -0.2) is 19.9 Å². The second kappa shape index (κ2) is 28.1. The van der Waals surface area contributed by atoms with Crippen molar-refractivity contribution in [3.8, 4) is 101 Å². The number of para-hydroxylation sites is 4. The second-order valence-corrected chi connectivity index (χ2v) is 38.6. The Kier molecular flexibility index (Phi) is 16.1. The maximum atomic E-state index is 6.43. The van der Waals surface area contributed by atoms with Crippen LogP contribution in [0, 0.1) is 0 Å². The van der Waals surface area contributed by atoms with Crippen LogP contribution in [0.3, 0.4) is 0 Å². The Hall–Kier alpha value is -15.9. The SMILES string of the molecule is CC1(C)c2cc(-c3nc(-c4ccccc4)c4c(n3)oc3ccccc34)ccc2-c2c1ccc1oc3ccccc3c21.CC1(C)c2ccc(-c3nc(-c4ccccc4)c4c(ccc5sc6ccccc6c54)n3)cc2-c2cc3c(cc21)oc1ccccc13.CC1(C)c2ccccc2-c2c1ccc1sc3c(-c4nc(-c5cccc6ccccc56)nc5oc6ccccc6c45)cccc3c21. The van der Waals surface area contributed by atoms with E-state index in [4.69, 9.17) is 47.6 Å². The van der Waals surface area contributed by atoms with E-state index in [9.17, 15) is 0 Å². The van der Waals surface area contributed by atoms with Gasteiger partial charge in [-0.15, -0.1) is 22.7 Å². The van der Waals surface area contributed by atoms with Crippen molar-refractivity contribution < 1.29 is 17.7 Å². The fraction of sp³-hybridized carbons (Fsp3) is 0.0756. The van der Waals surface area contributed by atoms with Crippen LogP contribution in [-0.4, -0.2) is 29.9 Å². The molecule has 26 aromatic rings. The lowest BCUT2D eigenvalue weighted by molar-refractivity contribution is 0.647. The second-order valence-electron chi connectivity index (χ2n) is 36.5. The van der Waals surface area contributed by atoms with Crippen LogP contribution in [0.2, 0.25) is 0 Å². The Bertz CT molecular complexity index is 9430. The average Bonchev–Trinajstić information content (AvgIpc) is 1.65. The van der Waals surface area contributed by atoms with Gasteiger partial charge in [0.15, 0.2) is 17.5 Å². The molecule has 0 bridgehead atoms. The first-order valence-corrected chi connectivity index (χ1v) is 46.2. The summed E-state index contributed by atoms with van der Waals surface area (Å²) in [6, 6.07) is 124. The molecule has 29 rings (SSSR count). The lowest BCUT2D eigenvalue weighted by Gasteiger charge is -2.21. The zero-order chi connectivity index (χ0) is 87.0. The van der Waals surface area contributed by atoms with E-state index in [-0.39, 0.29) is 16.2 Å². The maximum absolute atomic E-state index is 6.43. The molecule has 0 spiro atoms. The van der Waals surface area contributed by atoms with Crippen LogP contribution < -0.4 is 0 Å². The molecule has 17 aromatic carbocycles. The van der Waals surface area contributed by atoms with E-state index in [0.717, 1.165) is 149 Å². The van der Waals surface area contributed by atoms with E-state index in [0.29, 0.717) is 23.1 Å². The number of thiophene rings is 2. The van der Waals surface area contributed by atoms with Crippen molar-refractivity contribution in [1.82, 2.24) is 29.9 Å². The van der Waals surface area contributed by atoms with Crippen molar-refractivity contribution in [1.29, 1.82) is 0 Å². The Morgan fingerprint density at radius 1 is 0.221 bits per heavy atom. The number of nitrogens with zero attached hydrogens (tertiary/aromatic N) is 6. The zero-order valence-corrected chi connectivity index (χ0v) is 73.8. The highest BCUT2D eigenvalue weighted by atomic mass is 32.1. The molecule has 0 atom stereocenters. The fourth-order valence-corrected chi connectivity index (χ4v) is 24.2. The number of furan rings is 4. The van der Waals surface area contributed by atoms with Crippen molar-refractivity contribution in [2.24, 2.45) is 0 Å². The molecule has 0 amide bonds. The van der Waals surface area contributed by atoms with Crippen LogP contribution in [0.5, 0.6) is 0 Å². The largest absolute Gasteiger partial charge is 0.456 e. The topological polar surface area (TPSA) is 130 Å². The molecular formula is C119H76N6O4S2. The first kappa shape index (κ1) is 75.3. The Balaban J connectivity index is 0.000000101. The molecule has 10 nitrogen and oxygen atoms in total. The van der Waals surface area contributed by atoms with Crippen molar-refractivity contribution in [2.45, 2.75) is 57.8 Å². The third-order valence-corrected chi connectivity index (χ3v) is 30.5. The van der Waals surface area contributed by atoms with Crippen molar-refractivity contribution in [3.05, 3.63) is 385 Å². The first-order valence-electron chi connectivity index (χ1n) is 44.6. The quantitative estimate of drug-likeness (QED) is 0.159. The molecule has 0 radical (unpaired) electrons. The fourth-order valence-electron chi connectivity index (χ4n) is 21.8. The third-order valence-electron chi connectivity index (χ3n) is 28.1. The summed E-state index contributed by atoms with van der Waals surface area (Å²) in [5, 5.41) is 17.1. The Morgan fingerprint density at radius 3 is 1.44 bits per heavy atom. The summed E-state index contributed by atoms with van der Waals surface area (Å²) in [5.41, 5.74) is 31.7. The van der Waals surface area contributed by atoms with Gasteiger partial charge in [0.2, 0.25) is 11.4 Å². The van der Waals surface area contributed by atoms with E-state index in [2.05, 4.69) is 321 Å². The van der Waals surface area contributed by atoms with Gasteiger partial charge in [0.1, 0.15) is 33.5 Å². The van der Waals surface area contributed by atoms with Crippen LogP contribution in [-0.2, 0) is 16.2 Å². The summed E-state index contributed by atoms with van der Waals surface area (Å²) in [5.74, 6) is 2.07. The van der Waals surface area contributed by atoms with Gasteiger partial charge in [-0.1, -0.05) is 315 Å². The molecule has 131 heavy (non-hydrogen) atoms. The number of fused-ring (bicyclic) bond motifs is 32. The smallest absolute Gasteiger partial charge is 0.231 e. The first-order chi connectivity index (χ1) is 64.2. The molecule has 0 saturated carbocycles. The molecular weight excluding hydrogens is 1640 g/mol. The van der Waals surface area contributed by atoms with Gasteiger partial charge in [-0.05, 0) is 156 Å². The third kappa shape index (κ3) is 11.2. The van der Waals surface area contributed by atoms with Crippen LogP contribution in [0.25, 0.3) is 251 Å². The average molecular weight is 1720 g/mol. The highest BCUT2D eigenvalue weighted by Crippen LogP contribution is 2.59. The summed E-state index contributed by atoms with van der Waals surface area (Å²) < 4.78 is 30.3. The van der Waals surface area contributed by atoms with E-state index < -0.39 is 0 Å². The minimum Gasteiger partial charge on any atom is -0.456 e. The summed E-state index contributed by atoms with van der Waals surface area (Å²) in [7, 11) is 0. The van der Waals surface area contributed by atoms with Gasteiger partial charge >= 0.3 is 0 Å². The van der Waals surface area contributed by atoms with E-state index >= 15 is 0 Å². The van der Waals surface area contributed by atoms with Crippen molar-refractivity contribution >= 4 is 173 Å². The number of benzene rings is 17. The summed E-state index contributed by atoms with van der Waals surface area (Å²) in [6.45, 7) is 13.9. The van der Waals surface area contributed by atoms with Crippen LogP contribution in [0.4, 0.5) is 0 Å².